The van der Waals surface area contributed by atoms with Gasteiger partial charge < -0.3 is 25.0 Å². The van der Waals surface area contributed by atoms with Gasteiger partial charge in [-0.3, -0.25) is 0 Å². The van der Waals surface area contributed by atoms with Gasteiger partial charge in [-0.05, 0) is 0 Å². The maximum atomic E-state index is 9.32. The lowest BCUT2D eigenvalue weighted by Gasteiger charge is -2.13. The van der Waals surface area contributed by atoms with Crippen molar-refractivity contribution in [2.45, 2.75) is 12.1 Å². The molecule has 0 saturated carbocycles. The third kappa shape index (κ3) is 4.02. The minimum atomic E-state index is -0.405. The summed E-state index contributed by atoms with van der Waals surface area (Å²) in [6.45, 7) is 2.60. The summed E-state index contributed by atoms with van der Waals surface area (Å²) in [5.74, 6) is 0. The fraction of sp³-hybridized carbons (Fsp3) is 1.00. The highest BCUT2D eigenvalue weighted by atomic mass is 16.5. The van der Waals surface area contributed by atoms with E-state index in [4.69, 9.17) is 14.6 Å². The summed E-state index contributed by atoms with van der Waals surface area (Å²) in [5, 5.41) is 20.8. The van der Waals surface area contributed by atoms with Crippen LogP contribution in [0.1, 0.15) is 0 Å². The molecule has 13 heavy (non-hydrogen) atoms. The van der Waals surface area contributed by atoms with E-state index in [0.717, 1.165) is 0 Å². The molecule has 0 aromatic rings. The molecule has 1 rings (SSSR count). The van der Waals surface area contributed by atoms with Crippen LogP contribution in [0.25, 0.3) is 0 Å². The number of hydrogen-bond acceptors (Lipinski definition) is 5. The molecule has 0 bridgehead atoms. The summed E-state index contributed by atoms with van der Waals surface area (Å²) in [4.78, 5) is 0. The molecule has 1 saturated heterocycles. The minimum absolute atomic E-state index is 0.0257. The van der Waals surface area contributed by atoms with Crippen LogP contribution >= 0.6 is 0 Å². The Kier molecular flexibility index (Phi) is 5.26. The van der Waals surface area contributed by atoms with E-state index in [1.807, 2.05) is 0 Å². The Balaban J connectivity index is 1.93. The average molecular weight is 191 g/mol. The number of hydrogen-bond donors (Lipinski definition) is 3. The van der Waals surface area contributed by atoms with E-state index in [1.165, 1.54) is 0 Å². The van der Waals surface area contributed by atoms with Gasteiger partial charge in [-0.2, -0.15) is 0 Å². The number of aliphatic hydroxyl groups is 2. The minimum Gasteiger partial charge on any atom is -0.394 e. The normalized spacial score (nSPS) is 28.2. The summed E-state index contributed by atoms with van der Waals surface area (Å²) in [5.41, 5.74) is 0. The van der Waals surface area contributed by atoms with Crippen molar-refractivity contribution in [2.75, 3.05) is 39.6 Å². The first-order valence-electron chi connectivity index (χ1n) is 4.52. The third-order valence-electron chi connectivity index (χ3n) is 1.94. The second kappa shape index (κ2) is 6.28. The van der Waals surface area contributed by atoms with E-state index in [1.54, 1.807) is 0 Å². The molecule has 5 heteroatoms. The number of aliphatic hydroxyl groups excluding tert-OH is 2. The SMILES string of the molecule is OCCOCCN[C@@H]1COC[C@H]1O. The zero-order chi connectivity index (χ0) is 9.52. The Hall–Kier alpha value is -0.200. The van der Waals surface area contributed by atoms with Crippen molar-refractivity contribution in [3.05, 3.63) is 0 Å². The zero-order valence-electron chi connectivity index (χ0n) is 7.61. The van der Waals surface area contributed by atoms with Crippen LogP contribution in [-0.2, 0) is 9.47 Å². The zero-order valence-corrected chi connectivity index (χ0v) is 7.61. The second-order valence-corrected chi connectivity index (χ2v) is 3.00. The van der Waals surface area contributed by atoms with Crippen LogP contribution in [0.4, 0.5) is 0 Å². The van der Waals surface area contributed by atoms with Crippen molar-refractivity contribution >= 4 is 0 Å². The van der Waals surface area contributed by atoms with Crippen LogP contribution in [0.2, 0.25) is 0 Å². The summed E-state index contributed by atoms with van der Waals surface area (Å²) in [6.07, 6.45) is -0.405. The molecule has 78 valence electrons. The second-order valence-electron chi connectivity index (χ2n) is 3.00. The maximum absolute atomic E-state index is 9.32. The largest absolute Gasteiger partial charge is 0.394 e. The van der Waals surface area contributed by atoms with Crippen molar-refractivity contribution < 1.29 is 19.7 Å². The van der Waals surface area contributed by atoms with Gasteiger partial charge in [0, 0.05) is 6.54 Å². The van der Waals surface area contributed by atoms with Gasteiger partial charge in [-0.1, -0.05) is 0 Å². The van der Waals surface area contributed by atoms with E-state index in [9.17, 15) is 5.11 Å². The summed E-state index contributed by atoms with van der Waals surface area (Å²) >= 11 is 0. The first kappa shape index (κ1) is 10.9. The highest BCUT2D eigenvalue weighted by Crippen LogP contribution is 2.03. The fourth-order valence-electron chi connectivity index (χ4n) is 1.22. The average Bonchev–Trinajstić information content (AvgIpc) is 2.52. The van der Waals surface area contributed by atoms with Crippen molar-refractivity contribution in [1.29, 1.82) is 0 Å². The molecule has 0 aromatic carbocycles. The molecule has 0 aliphatic carbocycles. The summed E-state index contributed by atoms with van der Waals surface area (Å²) in [6, 6.07) is 0.0257. The molecule has 0 spiro atoms. The van der Waals surface area contributed by atoms with Crippen LogP contribution in [0.3, 0.4) is 0 Å². The van der Waals surface area contributed by atoms with E-state index in [0.29, 0.717) is 33.0 Å². The molecule has 3 N–H and O–H groups in total. The molecule has 0 unspecified atom stereocenters. The standard InChI is InChI=1S/C8H17NO4/c10-2-4-12-3-1-9-7-5-13-6-8(7)11/h7-11H,1-6H2/t7-,8-/m1/s1. The molecule has 0 aromatic heterocycles. The van der Waals surface area contributed by atoms with E-state index >= 15 is 0 Å². The van der Waals surface area contributed by atoms with Crippen LogP contribution in [0, 0.1) is 0 Å². The topological polar surface area (TPSA) is 71.0 Å². The van der Waals surface area contributed by atoms with Gasteiger partial charge in [0.05, 0.1) is 45.2 Å². The summed E-state index contributed by atoms with van der Waals surface area (Å²) in [7, 11) is 0. The molecule has 0 amide bonds. The lowest BCUT2D eigenvalue weighted by atomic mass is 10.2. The van der Waals surface area contributed by atoms with Gasteiger partial charge in [-0.25, -0.2) is 0 Å². The van der Waals surface area contributed by atoms with Gasteiger partial charge in [0.15, 0.2) is 0 Å². The van der Waals surface area contributed by atoms with Gasteiger partial charge in [0.1, 0.15) is 0 Å². The maximum Gasteiger partial charge on any atom is 0.0948 e. The lowest BCUT2D eigenvalue weighted by molar-refractivity contribution is 0.0883. The first-order chi connectivity index (χ1) is 6.34. The first-order valence-corrected chi connectivity index (χ1v) is 4.52. The Morgan fingerprint density at radius 1 is 1.38 bits per heavy atom. The lowest BCUT2D eigenvalue weighted by Crippen LogP contribution is -2.40. The quantitative estimate of drug-likeness (QED) is 0.439. The van der Waals surface area contributed by atoms with E-state index in [-0.39, 0.29) is 12.6 Å². The van der Waals surface area contributed by atoms with Gasteiger partial charge in [0.25, 0.3) is 0 Å². The van der Waals surface area contributed by atoms with Gasteiger partial charge in [0.2, 0.25) is 0 Å². The van der Waals surface area contributed by atoms with Gasteiger partial charge >= 0.3 is 0 Å². The third-order valence-corrected chi connectivity index (χ3v) is 1.94. The monoisotopic (exact) mass is 191 g/mol. The predicted octanol–water partition coefficient (Wildman–Crippen LogP) is -1.66. The fourth-order valence-corrected chi connectivity index (χ4v) is 1.22. The van der Waals surface area contributed by atoms with Crippen LogP contribution in [-0.4, -0.2) is 61.9 Å². The van der Waals surface area contributed by atoms with Crippen molar-refractivity contribution in [3.63, 3.8) is 0 Å². The molecule has 1 heterocycles. The number of rotatable bonds is 6. The molecule has 2 atom stereocenters. The van der Waals surface area contributed by atoms with Crippen molar-refractivity contribution in [2.24, 2.45) is 0 Å². The smallest absolute Gasteiger partial charge is 0.0948 e. The van der Waals surface area contributed by atoms with E-state index in [2.05, 4.69) is 5.32 Å². The van der Waals surface area contributed by atoms with E-state index < -0.39 is 6.10 Å². The highest BCUT2D eigenvalue weighted by Gasteiger charge is 2.24. The number of ether oxygens (including phenoxy) is 2. The highest BCUT2D eigenvalue weighted by molar-refractivity contribution is 4.80. The Bertz CT molecular complexity index is 133. The molecular formula is C8H17NO4. The van der Waals surface area contributed by atoms with Crippen LogP contribution in [0.5, 0.6) is 0 Å². The van der Waals surface area contributed by atoms with Crippen molar-refractivity contribution in [1.82, 2.24) is 5.32 Å². The Morgan fingerprint density at radius 3 is 2.85 bits per heavy atom. The molecule has 0 radical (unpaired) electrons. The summed E-state index contributed by atoms with van der Waals surface area (Å²) < 4.78 is 10.1. The van der Waals surface area contributed by atoms with Crippen LogP contribution in [0.15, 0.2) is 0 Å². The van der Waals surface area contributed by atoms with Crippen LogP contribution < -0.4 is 5.32 Å². The molecular weight excluding hydrogens is 174 g/mol. The van der Waals surface area contributed by atoms with Gasteiger partial charge in [-0.15, -0.1) is 0 Å². The number of nitrogens with one attached hydrogen (secondary N) is 1. The van der Waals surface area contributed by atoms with Crippen molar-refractivity contribution in [3.8, 4) is 0 Å². The molecule has 5 nitrogen and oxygen atoms in total. The predicted molar refractivity (Wildman–Crippen MR) is 46.5 cm³/mol. The molecule has 1 aliphatic rings. The molecule has 1 aliphatic heterocycles. The Labute approximate surface area is 77.7 Å². The molecule has 1 fully saturated rings. The Morgan fingerprint density at radius 2 is 2.23 bits per heavy atom.